The molecule has 0 aromatic heterocycles. The van der Waals surface area contributed by atoms with Crippen molar-refractivity contribution in [2.75, 3.05) is 6.61 Å². The fraction of sp³-hybridized carbons (Fsp3) is 0.222. The number of amides is 1. The molecule has 0 saturated carbocycles. The van der Waals surface area contributed by atoms with Gasteiger partial charge in [0.2, 0.25) is 0 Å². The van der Waals surface area contributed by atoms with Crippen LogP contribution in [0.25, 0.3) is 0 Å². The van der Waals surface area contributed by atoms with Crippen molar-refractivity contribution in [3.63, 3.8) is 0 Å². The molecule has 0 fully saturated rings. The number of hydrogen-bond acceptors (Lipinski definition) is 5. The Morgan fingerprint density at radius 3 is 2.72 bits per heavy atom. The third-order valence-corrected chi connectivity index (χ3v) is 3.48. The molecule has 0 heterocycles. The highest BCUT2D eigenvalue weighted by Gasteiger charge is 2.16. The maximum atomic E-state index is 11.8. The highest BCUT2D eigenvalue weighted by molar-refractivity contribution is 5.79. The molecule has 0 saturated heterocycles. The van der Waals surface area contributed by atoms with Crippen LogP contribution in [0.5, 0.6) is 5.75 Å². The first kappa shape index (κ1) is 18.1. The van der Waals surface area contributed by atoms with E-state index in [1.54, 1.807) is 19.2 Å². The molecule has 0 aliphatic carbocycles. The topological polar surface area (TPSA) is 93.8 Å². The summed E-state index contributed by atoms with van der Waals surface area (Å²) < 4.78 is 5.23. The van der Waals surface area contributed by atoms with E-state index >= 15 is 0 Å². The number of carbonyl (C=O) groups excluding carboxylic acids is 1. The fourth-order valence-electron chi connectivity index (χ4n) is 2.13. The fourth-order valence-corrected chi connectivity index (χ4v) is 2.13. The van der Waals surface area contributed by atoms with Crippen LogP contribution in [-0.2, 0) is 4.79 Å². The van der Waals surface area contributed by atoms with Gasteiger partial charge >= 0.3 is 5.69 Å². The first-order valence-corrected chi connectivity index (χ1v) is 7.72. The Morgan fingerprint density at radius 1 is 1.32 bits per heavy atom. The number of nitrogens with zero attached hydrogens (tertiary/aromatic N) is 2. The summed E-state index contributed by atoms with van der Waals surface area (Å²) in [6.45, 7) is 3.34. The standard InChI is InChI=1S/C18H19N3O4/c1-13-8-9-17(16(10-13)21(23)24)25-12-18(22)20-19-11-14(2)15-6-4-3-5-7-15/h3-11,14H,12H2,1-2H3,(H,20,22)/b19-11-/t14-/m1/s1. The maximum Gasteiger partial charge on any atom is 0.311 e. The number of hydrogen-bond donors (Lipinski definition) is 1. The van der Waals surface area contributed by atoms with Gasteiger partial charge in [0.25, 0.3) is 5.91 Å². The molecular formula is C18H19N3O4. The predicted molar refractivity (Wildman–Crippen MR) is 94.8 cm³/mol. The van der Waals surface area contributed by atoms with Crippen LogP contribution >= 0.6 is 0 Å². The van der Waals surface area contributed by atoms with E-state index in [0.29, 0.717) is 0 Å². The van der Waals surface area contributed by atoms with Crippen molar-refractivity contribution >= 4 is 17.8 Å². The largest absolute Gasteiger partial charge is 0.477 e. The van der Waals surface area contributed by atoms with Crippen molar-refractivity contribution < 1.29 is 14.5 Å². The van der Waals surface area contributed by atoms with Gasteiger partial charge in [0, 0.05) is 18.2 Å². The highest BCUT2D eigenvalue weighted by atomic mass is 16.6. The lowest BCUT2D eigenvalue weighted by Crippen LogP contribution is -2.25. The average Bonchev–Trinajstić information content (AvgIpc) is 2.61. The van der Waals surface area contributed by atoms with E-state index in [2.05, 4.69) is 10.5 Å². The SMILES string of the molecule is Cc1ccc(OCC(=O)N/N=C\[C@@H](C)c2ccccc2)c([N+](=O)[O-])c1. The summed E-state index contributed by atoms with van der Waals surface area (Å²) in [6.07, 6.45) is 1.61. The van der Waals surface area contributed by atoms with Crippen LogP contribution in [0.3, 0.4) is 0 Å². The average molecular weight is 341 g/mol. The number of ether oxygens (including phenoxy) is 1. The molecule has 1 atom stereocenters. The number of nitrogens with one attached hydrogen (secondary N) is 1. The summed E-state index contributed by atoms with van der Waals surface area (Å²) >= 11 is 0. The molecule has 2 rings (SSSR count). The summed E-state index contributed by atoms with van der Waals surface area (Å²) in [6, 6.07) is 14.3. The molecule has 0 bridgehead atoms. The van der Waals surface area contributed by atoms with Crippen LogP contribution in [0.15, 0.2) is 53.6 Å². The van der Waals surface area contributed by atoms with Gasteiger partial charge < -0.3 is 4.74 Å². The number of nitro groups is 1. The zero-order valence-corrected chi connectivity index (χ0v) is 14.0. The number of nitro benzene ring substituents is 1. The van der Waals surface area contributed by atoms with E-state index in [1.165, 1.54) is 12.1 Å². The van der Waals surface area contributed by atoms with E-state index in [9.17, 15) is 14.9 Å². The normalized spacial score (nSPS) is 11.9. The van der Waals surface area contributed by atoms with Crippen LogP contribution in [0, 0.1) is 17.0 Å². The second-order valence-electron chi connectivity index (χ2n) is 5.53. The molecule has 1 amide bonds. The predicted octanol–water partition coefficient (Wildman–Crippen LogP) is 3.19. The van der Waals surface area contributed by atoms with Crippen molar-refractivity contribution in [1.82, 2.24) is 5.43 Å². The summed E-state index contributed by atoms with van der Waals surface area (Å²) in [5, 5.41) is 14.9. The molecule has 7 nitrogen and oxygen atoms in total. The summed E-state index contributed by atoms with van der Waals surface area (Å²) in [5.41, 5.74) is 3.99. The van der Waals surface area contributed by atoms with Gasteiger partial charge in [-0.25, -0.2) is 5.43 Å². The first-order chi connectivity index (χ1) is 12.0. The van der Waals surface area contributed by atoms with E-state index < -0.39 is 10.8 Å². The monoisotopic (exact) mass is 341 g/mol. The molecule has 0 radical (unpaired) electrons. The Bertz CT molecular complexity index is 775. The Balaban J connectivity index is 1.87. The van der Waals surface area contributed by atoms with Crippen LogP contribution in [0.1, 0.15) is 24.0 Å². The Morgan fingerprint density at radius 2 is 2.04 bits per heavy atom. The van der Waals surface area contributed by atoms with Gasteiger partial charge in [-0.05, 0) is 24.1 Å². The third-order valence-electron chi connectivity index (χ3n) is 3.48. The van der Waals surface area contributed by atoms with Crippen LogP contribution in [-0.4, -0.2) is 23.7 Å². The minimum atomic E-state index is -0.542. The Kier molecular flexibility index (Phi) is 6.22. The van der Waals surface area contributed by atoms with Crippen LogP contribution in [0.4, 0.5) is 5.69 Å². The van der Waals surface area contributed by atoms with Crippen LogP contribution < -0.4 is 10.2 Å². The zero-order valence-electron chi connectivity index (χ0n) is 14.0. The van der Waals surface area contributed by atoms with Gasteiger partial charge in [0.05, 0.1) is 4.92 Å². The first-order valence-electron chi connectivity index (χ1n) is 7.72. The molecule has 0 aliphatic heterocycles. The number of rotatable bonds is 7. The second kappa shape index (κ2) is 8.58. The Labute approximate surface area is 145 Å². The minimum Gasteiger partial charge on any atom is -0.477 e. The molecule has 130 valence electrons. The smallest absolute Gasteiger partial charge is 0.311 e. The lowest BCUT2D eigenvalue weighted by atomic mass is 10.0. The summed E-state index contributed by atoms with van der Waals surface area (Å²) in [4.78, 5) is 22.2. The molecular weight excluding hydrogens is 322 g/mol. The van der Waals surface area contributed by atoms with Crippen molar-refractivity contribution in [2.24, 2.45) is 5.10 Å². The quantitative estimate of drug-likeness (QED) is 0.475. The van der Waals surface area contributed by atoms with Gasteiger partial charge in [-0.1, -0.05) is 43.3 Å². The Hall–Kier alpha value is -3.22. The van der Waals surface area contributed by atoms with Gasteiger partial charge in [-0.2, -0.15) is 5.10 Å². The third kappa shape index (κ3) is 5.42. The minimum absolute atomic E-state index is 0.0422. The van der Waals surface area contributed by atoms with Crippen molar-refractivity contribution in [2.45, 2.75) is 19.8 Å². The number of aryl methyl sites for hydroxylation is 1. The molecule has 0 aliphatic rings. The van der Waals surface area contributed by atoms with E-state index in [1.807, 2.05) is 37.3 Å². The zero-order chi connectivity index (χ0) is 18.2. The van der Waals surface area contributed by atoms with E-state index in [0.717, 1.165) is 11.1 Å². The van der Waals surface area contributed by atoms with Gasteiger partial charge in [0.15, 0.2) is 12.4 Å². The molecule has 7 heteroatoms. The van der Waals surface area contributed by atoms with Crippen LogP contribution in [0.2, 0.25) is 0 Å². The van der Waals surface area contributed by atoms with Gasteiger partial charge in [0.1, 0.15) is 0 Å². The highest BCUT2D eigenvalue weighted by Crippen LogP contribution is 2.27. The maximum absolute atomic E-state index is 11.8. The molecule has 25 heavy (non-hydrogen) atoms. The van der Waals surface area contributed by atoms with E-state index in [-0.39, 0.29) is 24.0 Å². The van der Waals surface area contributed by atoms with Crippen molar-refractivity contribution in [3.8, 4) is 5.75 Å². The van der Waals surface area contributed by atoms with Crippen molar-refractivity contribution in [3.05, 3.63) is 69.8 Å². The number of hydrazone groups is 1. The number of carbonyl (C=O) groups is 1. The molecule has 0 spiro atoms. The lowest BCUT2D eigenvalue weighted by molar-refractivity contribution is -0.385. The lowest BCUT2D eigenvalue weighted by Gasteiger charge is -2.07. The summed E-state index contributed by atoms with van der Waals surface area (Å²) in [7, 11) is 0. The van der Waals surface area contributed by atoms with Gasteiger partial charge in [-0.3, -0.25) is 14.9 Å². The molecule has 2 aromatic rings. The summed E-state index contributed by atoms with van der Waals surface area (Å²) in [5.74, 6) is -0.403. The second-order valence-corrected chi connectivity index (χ2v) is 5.53. The van der Waals surface area contributed by atoms with E-state index in [4.69, 9.17) is 4.74 Å². The molecule has 0 unspecified atom stereocenters. The van der Waals surface area contributed by atoms with Crippen molar-refractivity contribution in [1.29, 1.82) is 0 Å². The molecule has 1 N–H and O–H groups in total. The number of benzene rings is 2. The molecule has 2 aromatic carbocycles. The van der Waals surface area contributed by atoms with Gasteiger partial charge in [-0.15, -0.1) is 0 Å².